The lowest BCUT2D eigenvalue weighted by molar-refractivity contribution is -0.179. The second kappa shape index (κ2) is 7.94. The summed E-state index contributed by atoms with van der Waals surface area (Å²) < 4.78 is 19.1. The molecule has 0 aliphatic rings. The third-order valence-electron chi connectivity index (χ3n) is 3.17. The van der Waals surface area contributed by atoms with Gasteiger partial charge in [-0.1, -0.05) is 0 Å². The van der Waals surface area contributed by atoms with Crippen LogP contribution in [0.4, 0.5) is 0 Å². The summed E-state index contributed by atoms with van der Waals surface area (Å²) in [5.41, 5.74) is -2.94. The van der Waals surface area contributed by atoms with Crippen molar-refractivity contribution in [3.63, 3.8) is 0 Å². The Morgan fingerprint density at radius 2 is 1.17 bits per heavy atom. The number of ether oxygens (including phenoxy) is 4. The van der Waals surface area contributed by atoms with Gasteiger partial charge in [-0.05, 0) is 34.6 Å². The van der Waals surface area contributed by atoms with Crippen molar-refractivity contribution < 1.29 is 38.1 Å². The van der Waals surface area contributed by atoms with Crippen molar-refractivity contribution in [3.8, 4) is 0 Å². The van der Waals surface area contributed by atoms with Gasteiger partial charge < -0.3 is 18.9 Å². The van der Waals surface area contributed by atoms with E-state index in [4.69, 9.17) is 9.47 Å². The summed E-state index contributed by atoms with van der Waals surface area (Å²) in [5.74, 6) is -3.09. The van der Waals surface area contributed by atoms with E-state index >= 15 is 0 Å². The van der Waals surface area contributed by atoms with Crippen molar-refractivity contribution in [1.29, 1.82) is 0 Å². The summed E-state index contributed by atoms with van der Waals surface area (Å²) in [4.78, 5) is 46.8. The Bertz CT molecular complexity index is 478. The molecule has 0 aromatic carbocycles. The predicted octanol–water partition coefficient (Wildman–Crippen LogP) is 0.860. The van der Waals surface area contributed by atoms with Crippen LogP contribution in [-0.2, 0) is 38.1 Å². The molecule has 0 spiro atoms. The average Bonchev–Trinajstić information content (AvgIpc) is 2.50. The van der Waals surface area contributed by atoms with Crippen LogP contribution in [0.15, 0.2) is 0 Å². The summed E-state index contributed by atoms with van der Waals surface area (Å²) >= 11 is 0. The molecule has 8 heteroatoms. The van der Waals surface area contributed by atoms with Crippen molar-refractivity contribution in [3.05, 3.63) is 0 Å². The van der Waals surface area contributed by atoms with Gasteiger partial charge in [0.2, 0.25) is 0 Å². The Balaban J connectivity index is 4.61. The van der Waals surface area contributed by atoms with Crippen LogP contribution < -0.4 is 0 Å². The topological polar surface area (TPSA) is 105 Å². The lowest BCUT2D eigenvalue weighted by Gasteiger charge is -2.24. The van der Waals surface area contributed by atoms with Gasteiger partial charge >= 0.3 is 23.9 Å². The first-order chi connectivity index (χ1) is 10.4. The number of methoxy groups -OCH3 is 2. The first-order valence-electron chi connectivity index (χ1n) is 6.96. The summed E-state index contributed by atoms with van der Waals surface area (Å²) in [6.45, 7) is 6.67. The Kier molecular flexibility index (Phi) is 7.21. The summed E-state index contributed by atoms with van der Waals surface area (Å²) in [6, 6.07) is 0. The fourth-order valence-corrected chi connectivity index (χ4v) is 1.41. The van der Waals surface area contributed by atoms with E-state index in [9.17, 15) is 19.2 Å². The number of hydrogen-bond donors (Lipinski definition) is 0. The predicted molar refractivity (Wildman–Crippen MR) is 78.1 cm³/mol. The maximum absolute atomic E-state index is 11.9. The number of carbonyl (C=O) groups excluding carboxylic acids is 4. The molecule has 0 fully saturated rings. The summed E-state index contributed by atoms with van der Waals surface area (Å²) in [6.07, 6.45) is -0.802. The van der Waals surface area contributed by atoms with Crippen molar-refractivity contribution in [2.75, 3.05) is 20.8 Å². The normalized spacial score (nSPS) is 12.8. The largest absolute Gasteiger partial charge is 0.468 e. The van der Waals surface area contributed by atoms with Crippen molar-refractivity contribution in [2.24, 2.45) is 10.8 Å². The van der Waals surface area contributed by atoms with Gasteiger partial charge in [-0.2, -0.15) is 0 Å². The number of esters is 4. The molecular formula is C15H24O8. The lowest BCUT2D eigenvalue weighted by Crippen LogP contribution is -2.40. The molecule has 0 radical (unpaired) electrons. The lowest BCUT2D eigenvalue weighted by atomic mass is 9.94. The fraction of sp³-hybridized carbons (Fsp3) is 0.733. The molecule has 1 unspecified atom stereocenters. The van der Waals surface area contributed by atoms with Gasteiger partial charge in [0.05, 0.1) is 14.2 Å². The van der Waals surface area contributed by atoms with Crippen molar-refractivity contribution in [2.45, 2.75) is 40.7 Å². The molecule has 0 aromatic heterocycles. The Labute approximate surface area is 135 Å². The van der Waals surface area contributed by atoms with Gasteiger partial charge in [-0.25, -0.2) is 0 Å². The summed E-state index contributed by atoms with van der Waals surface area (Å²) in [5, 5.41) is 0. The highest BCUT2D eigenvalue weighted by molar-refractivity contribution is 5.99. The molecule has 1 atom stereocenters. The van der Waals surface area contributed by atoms with Crippen LogP contribution in [0.25, 0.3) is 0 Å². The van der Waals surface area contributed by atoms with E-state index < -0.39 is 40.8 Å². The van der Waals surface area contributed by atoms with E-state index in [1.54, 1.807) is 0 Å². The van der Waals surface area contributed by atoms with Crippen LogP contribution in [0.2, 0.25) is 0 Å². The Hall–Kier alpha value is -2.12. The summed E-state index contributed by atoms with van der Waals surface area (Å²) in [7, 11) is 2.33. The van der Waals surface area contributed by atoms with Crippen LogP contribution >= 0.6 is 0 Å². The van der Waals surface area contributed by atoms with E-state index in [0.717, 1.165) is 14.2 Å². The first-order valence-corrected chi connectivity index (χ1v) is 6.96. The zero-order valence-corrected chi connectivity index (χ0v) is 14.6. The number of hydrogen-bond acceptors (Lipinski definition) is 8. The van der Waals surface area contributed by atoms with E-state index in [2.05, 4.69) is 9.47 Å². The highest BCUT2D eigenvalue weighted by atomic mass is 16.6. The second-order valence-corrected chi connectivity index (χ2v) is 6.05. The second-order valence-electron chi connectivity index (χ2n) is 6.05. The van der Waals surface area contributed by atoms with Crippen LogP contribution in [0.3, 0.4) is 0 Å². The molecular weight excluding hydrogens is 308 g/mol. The van der Waals surface area contributed by atoms with Crippen molar-refractivity contribution >= 4 is 23.9 Å². The minimum Gasteiger partial charge on any atom is -0.468 e. The highest BCUT2D eigenvalue weighted by Gasteiger charge is 2.41. The SMILES string of the molecule is COC(=O)C(C)(C)C(=O)OCC(C)OC(=O)C(C)(C)C(=O)OC. The molecule has 0 N–H and O–H groups in total. The third-order valence-corrected chi connectivity index (χ3v) is 3.17. The zero-order valence-electron chi connectivity index (χ0n) is 14.6. The van der Waals surface area contributed by atoms with E-state index in [0.29, 0.717) is 0 Å². The van der Waals surface area contributed by atoms with Crippen molar-refractivity contribution in [1.82, 2.24) is 0 Å². The quantitative estimate of drug-likeness (QED) is 0.384. The molecule has 0 rings (SSSR count). The molecule has 0 aliphatic carbocycles. The number of rotatable bonds is 7. The van der Waals surface area contributed by atoms with Crippen LogP contribution in [-0.4, -0.2) is 50.8 Å². The van der Waals surface area contributed by atoms with Gasteiger partial charge in [-0.3, -0.25) is 19.2 Å². The van der Waals surface area contributed by atoms with Gasteiger partial charge in [-0.15, -0.1) is 0 Å². The van der Waals surface area contributed by atoms with E-state index in [1.165, 1.54) is 34.6 Å². The molecule has 132 valence electrons. The highest BCUT2D eigenvalue weighted by Crippen LogP contribution is 2.21. The minimum absolute atomic E-state index is 0.262. The number of carbonyl (C=O) groups is 4. The maximum atomic E-state index is 11.9. The van der Waals surface area contributed by atoms with Crippen LogP contribution in [0, 0.1) is 10.8 Å². The monoisotopic (exact) mass is 332 g/mol. The smallest absolute Gasteiger partial charge is 0.323 e. The van der Waals surface area contributed by atoms with Gasteiger partial charge in [0, 0.05) is 0 Å². The maximum Gasteiger partial charge on any atom is 0.323 e. The fourth-order valence-electron chi connectivity index (χ4n) is 1.41. The van der Waals surface area contributed by atoms with Gasteiger partial charge in [0.25, 0.3) is 0 Å². The molecule has 0 amide bonds. The minimum atomic E-state index is -1.47. The Morgan fingerprint density at radius 1 is 0.783 bits per heavy atom. The average molecular weight is 332 g/mol. The standard InChI is InChI=1S/C15H24O8/c1-9(23-13(19)15(4,5)11(17)21-7)8-22-12(18)14(2,3)10(16)20-6/h9H,8H2,1-7H3. The molecule has 0 saturated carbocycles. The van der Waals surface area contributed by atoms with Gasteiger partial charge in [0.1, 0.15) is 12.7 Å². The van der Waals surface area contributed by atoms with Crippen LogP contribution in [0.5, 0.6) is 0 Å². The van der Waals surface area contributed by atoms with E-state index in [-0.39, 0.29) is 6.61 Å². The molecule has 8 nitrogen and oxygen atoms in total. The molecule has 0 aromatic rings. The van der Waals surface area contributed by atoms with Gasteiger partial charge in [0.15, 0.2) is 10.8 Å². The molecule has 0 bridgehead atoms. The Morgan fingerprint density at radius 3 is 1.57 bits per heavy atom. The molecule has 23 heavy (non-hydrogen) atoms. The molecule has 0 aliphatic heterocycles. The molecule has 0 heterocycles. The zero-order chi connectivity index (χ0) is 18.4. The van der Waals surface area contributed by atoms with E-state index in [1.807, 2.05) is 0 Å². The van der Waals surface area contributed by atoms with Crippen LogP contribution in [0.1, 0.15) is 34.6 Å². The third kappa shape index (κ3) is 5.22. The first kappa shape index (κ1) is 20.9. The molecule has 0 saturated heterocycles.